The average Bonchev–Trinajstić information content (AvgIpc) is 2.87. The van der Waals surface area contributed by atoms with Crippen LogP contribution < -0.4 is 19.2 Å². The molecule has 0 aliphatic heterocycles. The van der Waals surface area contributed by atoms with Gasteiger partial charge < -0.3 is 9.47 Å². The molecule has 0 aliphatic rings. The first kappa shape index (κ1) is 25.2. The Morgan fingerprint density at radius 3 is 2.34 bits per heavy atom. The number of methoxy groups -OCH3 is 2. The summed E-state index contributed by atoms with van der Waals surface area (Å²) in [6.07, 6.45) is 1.17. The molecule has 0 aromatic heterocycles. The van der Waals surface area contributed by atoms with Crippen LogP contribution >= 0.6 is 0 Å². The van der Waals surface area contributed by atoms with E-state index >= 15 is 0 Å². The summed E-state index contributed by atoms with van der Waals surface area (Å²) in [5.74, 6) is -0.198. The molecule has 3 aromatic carbocycles. The Morgan fingerprint density at radius 1 is 1.03 bits per heavy atom. The van der Waals surface area contributed by atoms with E-state index in [4.69, 9.17) is 9.47 Å². The van der Waals surface area contributed by atoms with Gasteiger partial charge in [-0.1, -0.05) is 30.3 Å². The van der Waals surface area contributed by atoms with E-state index in [1.807, 2.05) is 0 Å². The zero-order chi connectivity index (χ0) is 25.4. The molecule has 182 valence electrons. The predicted molar refractivity (Wildman–Crippen MR) is 129 cm³/mol. The summed E-state index contributed by atoms with van der Waals surface area (Å²) < 4.78 is 38.1. The first-order valence-electron chi connectivity index (χ1n) is 10.1. The predicted octanol–water partition coefficient (Wildman–Crippen LogP) is 2.96. The Labute approximate surface area is 201 Å². The zero-order valence-electron chi connectivity index (χ0n) is 18.8. The van der Waals surface area contributed by atoms with Crippen molar-refractivity contribution in [1.82, 2.24) is 5.43 Å². The number of hydrazone groups is 1. The SMILES string of the molecule is COc1ccc([N+](=O)[O-])cc1C=NNC(=O)CN(c1ccccc1OC)S(=O)(=O)c1ccccc1. The summed E-state index contributed by atoms with van der Waals surface area (Å²) in [5.41, 5.74) is 2.48. The Morgan fingerprint density at radius 2 is 1.69 bits per heavy atom. The normalized spacial score (nSPS) is 11.1. The van der Waals surface area contributed by atoms with Crippen LogP contribution in [0, 0.1) is 10.1 Å². The molecule has 1 N–H and O–H groups in total. The van der Waals surface area contributed by atoms with Gasteiger partial charge in [0.2, 0.25) is 0 Å². The van der Waals surface area contributed by atoms with Gasteiger partial charge in [0.1, 0.15) is 18.0 Å². The minimum Gasteiger partial charge on any atom is -0.496 e. The Kier molecular flexibility index (Phi) is 8.00. The van der Waals surface area contributed by atoms with Crippen LogP contribution in [0.5, 0.6) is 11.5 Å². The number of rotatable bonds is 10. The minimum absolute atomic E-state index is 0.0106. The lowest BCUT2D eigenvalue weighted by atomic mass is 10.2. The van der Waals surface area contributed by atoms with Gasteiger partial charge in [0.15, 0.2) is 0 Å². The minimum atomic E-state index is -4.14. The quantitative estimate of drug-likeness (QED) is 0.257. The van der Waals surface area contributed by atoms with E-state index in [0.717, 1.165) is 4.31 Å². The average molecular weight is 499 g/mol. The fourth-order valence-electron chi connectivity index (χ4n) is 3.13. The molecule has 3 rings (SSSR count). The van der Waals surface area contributed by atoms with Crippen molar-refractivity contribution < 1.29 is 27.6 Å². The second kappa shape index (κ2) is 11.1. The second-order valence-electron chi connectivity index (χ2n) is 6.97. The number of carbonyl (C=O) groups is 1. The number of nitrogens with zero attached hydrogens (tertiary/aromatic N) is 3. The van der Waals surface area contributed by atoms with Gasteiger partial charge in [-0.05, 0) is 30.3 Å². The maximum absolute atomic E-state index is 13.4. The molecule has 0 heterocycles. The molecule has 1 amide bonds. The van der Waals surface area contributed by atoms with E-state index in [9.17, 15) is 23.3 Å². The van der Waals surface area contributed by atoms with Gasteiger partial charge in [0, 0.05) is 17.7 Å². The maximum Gasteiger partial charge on any atom is 0.270 e. The van der Waals surface area contributed by atoms with Crippen molar-refractivity contribution in [1.29, 1.82) is 0 Å². The van der Waals surface area contributed by atoms with Crippen LogP contribution in [0.4, 0.5) is 11.4 Å². The molecule has 0 radical (unpaired) electrons. The highest BCUT2D eigenvalue weighted by molar-refractivity contribution is 7.92. The van der Waals surface area contributed by atoms with Crippen molar-refractivity contribution >= 4 is 33.5 Å². The van der Waals surface area contributed by atoms with Crippen molar-refractivity contribution in [2.45, 2.75) is 4.90 Å². The third-order valence-electron chi connectivity index (χ3n) is 4.79. The number of hydrogen-bond acceptors (Lipinski definition) is 8. The van der Waals surface area contributed by atoms with Gasteiger partial charge in [-0.25, -0.2) is 13.8 Å². The summed E-state index contributed by atoms with van der Waals surface area (Å²) in [5, 5.41) is 14.8. The highest BCUT2D eigenvalue weighted by Crippen LogP contribution is 2.32. The van der Waals surface area contributed by atoms with Gasteiger partial charge in [-0.2, -0.15) is 5.10 Å². The molecule has 0 fully saturated rings. The number of hydrogen-bond donors (Lipinski definition) is 1. The van der Waals surface area contributed by atoms with E-state index in [1.54, 1.807) is 36.4 Å². The molecule has 0 spiro atoms. The van der Waals surface area contributed by atoms with Gasteiger partial charge >= 0.3 is 0 Å². The molecule has 0 saturated heterocycles. The van der Waals surface area contributed by atoms with Crippen molar-refractivity contribution in [2.24, 2.45) is 5.10 Å². The van der Waals surface area contributed by atoms with E-state index in [0.29, 0.717) is 5.75 Å². The third-order valence-corrected chi connectivity index (χ3v) is 6.56. The Hall–Kier alpha value is -4.45. The molecular formula is C23H22N4O7S. The van der Waals surface area contributed by atoms with Gasteiger partial charge in [0.25, 0.3) is 21.6 Å². The molecule has 0 atom stereocenters. The summed E-state index contributed by atoms with van der Waals surface area (Å²) in [4.78, 5) is 23.2. The van der Waals surface area contributed by atoms with Crippen molar-refractivity contribution in [2.75, 3.05) is 25.1 Å². The molecule has 0 aliphatic carbocycles. The number of amides is 1. The second-order valence-corrected chi connectivity index (χ2v) is 8.84. The van der Waals surface area contributed by atoms with Crippen LogP contribution in [-0.2, 0) is 14.8 Å². The smallest absolute Gasteiger partial charge is 0.270 e. The monoisotopic (exact) mass is 498 g/mol. The fraction of sp³-hybridized carbons (Fsp3) is 0.130. The van der Waals surface area contributed by atoms with Gasteiger partial charge in [-0.15, -0.1) is 0 Å². The Balaban J connectivity index is 1.88. The molecule has 0 saturated carbocycles. The molecule has 0 unspecified atom stereocenters. The first-order chi connectivity index (χ1) is 16.8. The fourth-order valence-corrected chi connectivity index (χ4v) is 4.58. The Bertz CT molecular complexity index is 1340. The molecule has 11 nitrogen and oxygen atoms in total. The largest absolute Gasteiger partial charge is 0.496 e. The van der Waals surface area contributed by atoms with Gasteiger partial charge in [0.05, 0.1) is 35.9 Å². The van der Waals surface area contributed by atoms with Crippen LogP contribution in [0.25, 0.3) is 0 Å². The summed E-state index contributed by atoms with van der Waals surface area (Å²) in [6, 6.07) is 18.0. The van der Waals surface area contributed by atoms with Crippen LogP contribution in [0.2, 0.25) is 0 Å². The standard InChI is InChI=1S/C23H22N4O7S/c1-33-21-13-12-18(27(29)30)14-17(21)15-24-25-23(28)16-26(20-10-6-7-11-22(20)34-2)35(31,32)19-8-4-3-5-9-19/h3-15H,16H2,1-2H3,(H,25,28). The van der Waals surface area contributed by atoms with E-state index in [1.165, 1.54) is 56.8 Å². The van der Waals surface area contributed by atoms with Gasteiger partial charge in [-0.3, -0.25) is 19.2 Å². The van der Waals surface area contributed by atoms with Crippen LogP contribution in [-0.4, -0.2) is 46.2 Å². The number of ether oxygens (including phenoxy) is 2. The molecule has 3 aromatic rings. The molecular weight excluding hydrogens is 476 g/mol. The number of nitrogens with one attached hydrogen (secondary N) is 1. The van der Waals surface area contributed by atoms with Crippen molar-refractivity contribution in [3.05, 3.63) is 88.5 Å². The first-order valence-corrected chi connectivity index (χ1v) is 11.6. The summed E-state index contributed by atoms with van der Waals surface area (Å²) in [7, 11) is -1.36. The number of para-hydroxylation sites is 2. The highest BCUT2D eigenvalue weighted by Gasteiger charge is 2.29. The molecule has 12 heteroatoms. The van der Waals surface area contributed by atoms with E-state index < -0.39 is 27.4 Å². The topological polar surface area (TPSA) is 140 Å². The van der Waals surface area contributed by atoms with Crippen molar-refractivity contribution in [3.63, 3.8) is 0 Å². The maximum atomic E-state index is 13.4. The number of anilines is 1. The van der Waals surface area contributed by atoms with Crippen molar-refractivity contribution in [3.8, 4) is 11.5 Å². The lowest BCUT2D eigenvalue weighted by molar-refractivity contribution is -0.384. The number of benzene rings is 3. The molecule has 0 bridgehead atoms. The lowest BCUT2D eigenvalue weighted by Gasteiger charge is -2.25. The molecule has 35 heavy (non-hydrogen) atoms. The summed E-state index contributed by atoms with van der Waals surface area (Å²) in [6.45, 7) is -0.610. The highest BCUT2D eigenvalue weighted by atomic mass is 32.2. The van der Waals surface area contributed by atoms with Crippen LogP contribution in [0.3, 0.4) is 0 Å². The number of nitro benzene ring substituents is 1. The number of nitro groups is 1. The van der Waals surface area contributed by atoms with E-state index in [2.05, 4.69) is 10.5 Å². The number of carbonyl (C=O) groups excluding carboxylic acids is 1. The van der Waals surface area contributed by atoms with E-state index in [-0.39, 0.29) is 27.6 Å². The number of non-ortho nitro benzene ring substituents is 1. The lowest BCUT2D eigenvalue weighted by Crippen LogP contribution is -2.39. The van der Waals surface area contributed by atoms with Crippen LogP contribution in [0.15, 0.2) is 82.8 Å². The zero-order valence-corrected chi connectivity index (χ0v) is 19.6. The number of sulfonamides is 1. The van der Waals surface area contributed by atoms with Crippen LogP contribution in [0.1, 0.15) is 5.56 Å². The summed E-state index contributed by atoms with van der Waals surface area (Å²) >= 11 is 0. The third kappa shape index (κ3) is 5.92.